The van der Waals surface area contributed by atoms with Crippen molar-refractivity contribution in [2.24, 2.45) is 0 Å². The molecule has 2 nitrogen and oxygen atoms in total. The van der Waals surface area contributed by atoms with Crippen LogP contribution in [0.15, 0.2) is 60.7 Å². The topological polar surface area (TPSA) is 29.1 Å². The Morgan fingerprint density at radius 3 is 1.87 bits per heavy atom. The van der Waals surface area contributed by atoms with Gasteiger partial charge in [-0.25, -0.2) is 0 Å². The van der Waals surface area contributed by atoms with Crippen molar-refractivity contribution in [2.45, 2.75) is 52.0 Å². The van der Waals surface area contributed by atoms with Gasteiger partial charge in [-0.15, -0.1) is 0 Å². The summed E-state index contributed by atoms with van der Waals surface area (Å²) in [7, 11) is -2.79. The van der Waals surface area contributed by atoms with Gasteiger partial charge >= 0.3 is 0 Å². The first-order valence-corrected chi connectivity index (χ1v) is 10.4. The van der Waals surface area contributed by atoms with Gasteiger partial charge < -0.3 is 0 Å². The molecule has 0 aliphatic carbocycles. The predicted octanol–water partition coefficient (Wildman–Crippen LogP) is 4.86. The van der Waals surface area contributed by atoms with Gasteiger partial charge in [-0.2, -0.15) is 0 Å². The Balaban J connectivity index is 2.17. The molecule has 3 heteroatoms. The van der Waals surface area contributed by atoms with Crippen LogP contribution in [0.2, 0.25) is 0 Å². The first-order chi connectivity index (χ1) is 11.2. The Morgan fingerprint density at radius 1 is 0.870 bits per heavy atom. The minimum absolute atomic E-state index is 0.234. The van der Waals surface area contributed by atoms with Crippen molar-refractivity contribution in [1.82, 2.24) is 5.09 Å². The Morgan fingerprint density at radius 2 is 1.39 bits per heavy atom. The fourth-order valence-corrected chi connectivity index (χ4v) is 5.36. The molecule has 0 radical (unpaired) electrons. The molecule has 2 aromatic carbocycles. The van der Waals surface area contributed by atoms with Crippen molar-refractivity contribution < 1.29 is 4.57 Å². The quantitative estimate of drug-likeness (QED) is 0.525. The second-order valence-electron chi connectivity index (χ2n) is 6.16. The second-order valence-corrected chi connectivity index (χ2v) is 8.67. The number of benzene rings is 2. The molecular formula is C20H28NOP. The lowest BCUT2D eigenvalue weighted by Crippen LogP contribution is -2.33. The van der Waals surface area contributed by atoms with E-state index < -0.39 is 7.29 Å². The van der Waals surface area contributed by atoms with E-state index >= 15 is 0 Å². The molecule has 0 saturated carbocycles. The molecule has 0 aliphatic rings. The van der Waals surface area contributed by atoms with Crippen LogP contribution in [0, 0.1) is 0 Å². The smallest absolute Gasteiger partial charge is 0.204 e. The maximum atomic E-state index is 13.8. The van der Waals surface area contributed by atoms with E-state index in [9.17, 15) is 4.57 Å². The Kier molecular flexibility index (Phi) is 7.08. The summed E-state index contributed by atoms with van der Waals surface area (Å²) in [4.78, 5) is 0. The summed E-state index contributed by atoms with van der Waals surface area (Å²) in [5.41, 5.74) is 0. The van der Waals surface area contributed by atoms with Gasteiger partial charge in [0.1, 0.15) is 0 Å². The highest BCUT2D eigenvalue weighted by atomic mass is 31.2. The molecule has 0 amide bonds. The van der Waals surface area contributed by atoms with E-state index in [0.29, 0.717) is 0 Å². The van der Waals surface area contributed by atoms with E-state index in [1.807, 2.05) is 60.7 Å². The van der Waals surface area contributed by atoms with Crippen LogP contribution in [-0.2, 0) is 4.57 Å². The minimum Gasteiger partial charge on any atom is -0.297 e. The molecule has 1 unspecified atom stereocenters. The van der Waals surface area contributed by atoms with Crippen LogP contribution in [0.4, 0.5) is 0 Å². The molecule has 0 bridgehead atoms. The highest BCUT2D eigenvalue weighted by Crippen LogP contribution is 2.39. The highest BCUT2D eigenvalue weighted by molar-refractivity contribution is 7.76. The summed E-state index contributed by atoms with van der Waals surface area (Å²) in [5.74, 6) is 0. The van der Waals surface area contributed by atoms with E-state index in [2.05, 4.69) is 18.9 Å². The molecule has 1 N–H and O–H groups in total. The zero-order chi connectivity index (χ0) is 16.5. The van der Waals surface area contributed by atoms with Gasteiger partial charge in [0.25, 0.3) is 0 Å². The van der Waals surface area contributed by atoms with Crippen molar-refractivity contribution in [1.29, 1.82) is 0 Å². The molecule has 0 heterocycles. The molecular weight excluding hydrogens is 301 g/mol. The second kappa shape index (κ2) is 9.05. The number of nitrogens with one attached hydrogen (secondary N) is 1. The standard InChI is InChI=1S/C20H28NOP/c1-3-4-5-8-13-18(2)21-23(22,19-14-9-6-10-15-19)20-16-11-7-12-17-20/h6-7,9-12,14-18H,3-5,8,13H2,1-2H3,(H,21,22). The summed E-state index contributed by atoms with van der Waals surface area (Å²) in [5, 5.41) is 5.22. The summed E-state index contributed by atoms with van der Waals surface area (Å²) < 4.78 is 13.8. The average molecular weight is 329 g/mol. The van der Waals surface area contributed by atoms with Crippen molar-refractivity contribution in [3.05, 3.63) is 60.7 Å². The Labute approximate surface area is 140 Å². The monoisotopic (exact) mass is 329 g/mol. The van der Waals surface area contributed by atoms with Crippen molar-refractivity contribution >= 4 is 17.9 Å². The first-order valence-electron chi connectivity index (χ1n) is 8.66. The van der Waals surface area contributed by atoms with Gasteiger partial charge in [0, 0.05) is 16.7 Å². The Hall–Kier alpha value is -1.37. The van der Waals surface area contributed by atoms with Crippen LogP contribution in [0.5, 0.6) is 0 Å². The van der Waals surface area contributed by atoms with E-state index in [0.717, 1.165) is 17.0 Å². The van der Waals surface area contributed by atoms with Crippen LogP contribution in [0.3, 0.4) is 0 Å². The predicted molar refractivity (Wildman–Crippen MR) is 101 cm³/mol. The van der Waals surface area contributed by atoms with Crippen LogP contribution >= 0.6 is 7.29 Å². The molecule has 23 heavy (non-hydrogen) atoms. The minimum atomic E-state index is -2.79. The zero-order valence-corrected chi connectivity index (χ0v) is 15.1. The lowest BCUT2D eigenvalue weighted by molar-refractivity contribution is 0.528. The van der Waals surface area contributed by atoms with Gasteiger partial charge in [-0.3, -0.25) is 9.65 Å². The molecule has 1 atom stereocenters. The van der Waals surface area contributed by atoms with Crippen LogP contribution in [0.25, 0.3) is 0 Å². The third-order valence-electron chi connectivity index (χ3n) is 4.13. The summed E-state index contributed by atoms with van der Waals surface area (Å²) in [6, 6.07) is 19.8. The number of rotatable bonds is 9. The zero-order valence-electron chi connectivity index (χ0n) is 14.2. The molecule has 0 aliphatic heterocycles. The van der Waals surface area contributed by atoms with Gasteiger partial charge in [0.05, 0.1) is 0 Å². The van der Waals surface area contributed by atoms with Crippen LogP contribution in [0.1, 0.15) is 46.0 Å². The summed E-state index contributed by atoms with van der Waals surface area (Å²) in [6.07, 6.45) is 6.02. The molecule has 124 valence electrons. The highest BCUT2D eigenvalue weighted by Gasteiger charge is 2.28. The average Bonchev–Trinajstić information content (AvgIpc) is 2.60. The summed E-state index contributed by atoms with van der Waals surface area (Å²) >= 11 is 0. The van der Waals surface area contributed by atoms with E-state index in [1.54, 1.807) is 0 Å². The van der Waals surface area contributed by atoms with Crippen LogP contribution < -0.4 is 15.7 Å². The number of hydrogen-bond acceptors (Lipinski definition) is 1. The van der Waals surface area contributed by atoms with Crippen molar-refractivity contribution in [3.8, 4) is 0 Å². The molecule has 0 aromatic heterocycles. The lowest BCUT2D eigenvalue weighted by atomic mass is 10.1. The number of unbranched alkanes of at least 4 members (excludes halogenated alkanes) is 3. The van der Waals surface area contributed by atoms with E-state index in [1.165, 1.54) is 25.7 Å². The fraction of sp³-hybridized carbons (Fsp3) is 0.400. The van der Waals surface area contributed by atoms with E-state index in [-0.39, 0.29) is 6.04 Å². The maximum absolute atomic E-state index is 13.8. The first kappa shape index (κ1) is 18.0. The van der Waals surface area contributed by atoms with E-state index in [4.69, 9.17) is 0 Å². The molecule has 2 aromatic rings. The van der Waals surface area contributed by atoms with Crippen molar-refractivity contribution in [2.75, 3.05) is 0 Å². The van der Waals surface area contributed by atoms with Gasteiger partial charge in [0.15, 0.2) is 0 Å². The maximum Gasteiger partial charge on any atom is 0.204 e. The number of hydrogen-bond donors (Lipinski definition) is 1. The lowest BCUT2D eigenvalue weighted by Gasteiger charge is -2.25. The molecule has 0 fully saturated rings. The van der Waals surface area contributed by atoms with Gasteiger partial charge in [-0.05, 0) is 37.6 Å². The van der Waals surface area contributed by atoms with Crippen LogP contribution in [-0.4, -0.2) is 6.04 Å². The third kappa shape index (κ3) is 5.06. The van der Waals surface area contributed by atoms with Gasteiger partial charge in [0.2, 0.25) is 7.29 Å². The Bertz CT molecular complexity index is 569. The molecule has 0 spiro atoms. The van der Waals surface area contributed by atoms with Crippen molar-refractivity contribution in [3.63, 3.8) is 0 Å². The normalized spacial score (nSPS) is 13.0. The molecule has 2 rings (SSSR count). The largest absolute Gasteiger partial charge is 0.297 e. The molecule has 0 saturated heterocycles. The van der Waals surface area contributed by atoms with Gasteiger partial charge in [-0.1, -0.05) is 69.0 Å². The summed E-state index contributed by atoms with van der Waals surface area (Å²) in [6.45, 7) is 4.37. The third-order valence-corrected chi connectivity index (χ3v) is 6.99. The fourth-order valence-electron chi connectivity index (χ4n) is 2.83. The SMILES string of the molecule is CCCCCCC(C)NP(=O)(c1ccccc1)c1ccccc1.